The third-order valence-electron chi connectivity index (χ3n) is 3.90. The van der Waals surface area contributed by atoms with Crippen molar-refractivity contribution in [3.63, 3.8) is 0 Å². The summed E-state index contributed by atoms with van der Waals surface area (Å²) >= 11 is 0. The first-order chi connectivity index (χ1) is 9.18. The molecule has 1 fully saturated rings. The van der Waals surface area contributed by atoms with Crippen LogP contribution >= 0.6 is 0 Å². The molecule has 2 aromatic rings. The van der Waals surface area contributed by atoms with Gasteiger partial charge in [0.25, 0.3) is 0 Å². The van der Waals surface area contributed by atoms with Crippen LogP contribution in [0, 0.1) is 19.7 Å². The largest absolute Gasteiger partial charge is 0.316 e. The Kier molecular flexibility index (Phi) is 3.11. The van der Waals surface area contributed by atoms with Gasteiger partial charge in [0.15, 0.2) is 0 Å². The molecule has 1 saturated heterocycles. The molecule has 0 aliphatic carbocycles. The first-order valence-corrected chi connectivity index (χ1v) is 6.70. The highest BCUT2D eigenvalue weighted by molar-refractivity contribution is 5.39. The van der Waals surface area contributed by atoms with E-state index in [1.165, 1.54) is 11.6 Å². The van der Waals surface area contributed by atoms with Gasteiger partial charge in [-0.05, 0) is 38.9 Å². The number of rotatable bonds is 2. The second-order valence-corrected chi connectivity index (χ2v) is 5.14. The monoisotopic (exact) mass is 259 g/mol. The molecule has 1 aliphatic heterocycles. The number of aryl methyl sites for hydroxylation is 1. The molecule has 1 aliphatic rings. The maximum atomic E-state index is 13.9. The summed E-state index contributed by atoms with van der Waals surface area (Å²) < 4.78 is 15.6. The molecule has 3 nitrogen and oxygen atoms in total. The number of para-hydroxylation sites is 1. The predicted molar refractivity (Wildman–Crippen MR) is 73.2 cm³/mol. The Hall–Kier alpha value is -1.68. The molecule has 0 radical (unpaired) electrons. The average molecular weight is 259 g/mol. The van der Waals surface area contributed by atoms with Crippen LogP contribution in [0.2, 0.25) is 0 Å². The lowest BCUT2D eigenvalue weighted by Crippen LogP contribution is -2.09. The number of nitrogens with one attached hydrogen (secondary N) is 1. The van der Waals surface area contributed by atoms with Crippen LogP contribution < -0.4 is 5.32 Å². The van der Waals surface area contributed by atoms with E-state index >= 15 is 0 Å². The lowest BCUT2D eigenvalue weighted by Gasteiger charge is -2.10. The van der Waals surface area contributed by atoms with Crippen LogP contribution in [0.15, 0.2) is 24.3 Å². The molecule has 0 bridgehead atoms. The van der Waals surface area contributed by atoms with Crippen molar-refractivity contribution in [2.75, 3.05) is 13.1 Å². The summed E-state index contributed by atoms with van der Waals surface area (Å²) in [6, 6.07) is 6.78. The molecule has 1 aromatic carbocycles. The fraction of sp³-hybridized carbons (Fsp3) is 0.400. The van der Waals surface area contributed by atoms with Crippen molar-refractivity contribution in [2.45, 2.75) is 26.2 Å². The lowest BCUT2D eigenvalue weighted by molar-refractivity contribution is 0.607. The molecule has 1 aromatic heterocycles. The van der Waals surface area contributed by atoms with Crippen LogP contribution in [0.5, 0.6) is 0 Å². The zero-order valence-electron chi connectivity index (χ0n) is 11.3. The quantitative estimate of drug-likeness (QED) is 0.898. The highest BCUT2D eigenvalue weighted by atomic mass is 19.1. The van der Waals surface area contributed by atoms with E-state index in [0.717, 1.165) is 30.9 Å². The normalized spacial score (nSPS) is 19.0. The van der Waals surface area contributed by atoms with Gasteiger partial charge in [0.2, 0.25) is 0 Å². The number of hydrogen-bond donors (Lipinski definition) is 1. The summed E-state index contributed by atoms with van der Waals surface area (Å²) in [5, 5.41) is 7.91. The molecular weight excluding hydrogens is 241 g/mol. The Labute approximate surface area is 112 Å². The maximum Gasteiger partial charge on any atom is 0.148 e. The summed E-state index contributed by atoms with van der Waals surface area (Å²) in [6.07, 6.45) is 1.13. The SMILES string of the molecule is Cc1nn(-c2ccccc2F)c(C)c1C1CCNC1. The summed E-state index contributed by atoms with van der Waals surface area (Å²) in [6.45, 7) is 6.08. The van der Waals surface area contributed by atoms with Crippen LogP contribution in [0.4, 0.5) is 4.39 Å². The minimum absolute atomic E-state index is 0.232. The Balaban J connectivity index is 2.09. The third-order valence-corrected chi connectivity index (χ3v) is 3.90. The Bertz CT molecular complexity index is 597. The second-order valence-electron chi connectivity index (χ2n) is 5.14. The van der Waals surface area contributed by atoms with E-state index < -0.39 is 0 Å². The van der Waals surface area contributed by atoms with E-state index in [9.17, 15) is 4.39 Å². The van der Waals surface area contributed by atoms with Crippen LogP contribution in [-0.4, -0.2) is 22.9 Å². The van der Waals surface area contributed by atoms with Crippen LogP contribution in [0.1, 0.15) is 29.3 Å². The molecule has 2 heterocycles. The molecule has 100 valence electrons. The van der Waals surface area contributed by atoms with E-state index in [0.29, 0.717) is 11.6 Å². The van der Waals surface area contributed by atoms with Crippen molar-refractivity contribution in [2.24, 2.45) is 0 Å². The summed E-state index contributed by atoms with van der Waals surface area (Å²) in [5.41, 5.74) is 3.86. The van der Waals surface area contributed by atoms with Gasteiger partial charge in [0.05, 0.1) is 5.69 Å². The molecule has 0 saturated carbocycles. The van der Waals surface area contributed by atoms with E-state index in [-0.39, 0.29) is 5.82 Å². The molecular formula is C15H18FN3. The van der Waals surface area contributed by atoms with Gasteiger partial charge in [-0.2, -0.15) is 5.10 Å². The zero-order valence-corrected chi connectivity index (χ0v) is 11.3. The van der Waals surface area contributed by atoms with Gasteiger partial charge in [0.1, 0.15) is 11.5 Å². The van der Waals surface area contributed by atoms with Gasteiger partial charge in [-0.15, -0.1) is 0 Å². The standard InChI is InChI=1S/C15H18FN3/c1-10-15(12-7-8-17-9-12)11(2)19(18-10)14-6-4-3-5-13(14)16/h3-6,12,17H,7-9H2,1-2H3. The molecule has 3 rings (SSSR count). The number of aromatic nitrogens is 2. The minimum atomic E-state index is -0.232. The molecule has 1 unspecified atom stereocenters. The second kappa shape index (κ2) is 4.78. The van der Waals surface area contributed by atoms with Crippen molar-refractivity contribution in [3.8, 4) is 5.69 Å². The highest BCUT2D eigenvalue weighted by Gasteiger charge is 2.24. The summed E-state index contributed by atoms with van der Waals surface area (Å²) in [4.78, 5) is 0. The topological polar surface area (TPSA) is 29.9 Å². The first-order valence-electron chi connectivity index (χ1n) is 6.70. The first kappa shape index (κ1) is 12.4. The zero-order chi connectivity index (χ0) is 13.4. The molecule has 19 heavy (non-hydrogen) atoms. The molecule has 1 N–H and O–H groups in total. The number of benzene rings is 1. The predicted octanol–water partition coefficient (Wildman–Crippen LogP) is 2.71. The van der Waals surface area contributed by atoms with Gasteiger partial charge in [-0.25, -0.2) is 9.07 Å². The smallest absolute Gasteiger partial charge is 0.148 e. The molecule has 1 atom stereocenters. The van der Waals surface area contributed by atoms with Gasteiger partial charge in [-0.1, -0.05) is 12.1 Å². The van der Waals surface area contributed by atoms with Gasteiger partial charge < -0.3 is 5.32 Å². The molecule has 0 spiro atoms. The van der Waals surface area contributed by atoms with Crippen LogP contribution in [-0.2, 0) is 0 Å². The highest BCUT2D eigenvalue weighted by Crippen LogP contribution is 2.30. The lowest BCUT2D eigenvalue weighted by atomic mass is 9.96. The van der Waals surface area contributed by atoms with Crippen LogP contribution in [0.3, 0.4) is 0 Å². The van der Waals surface area contributed by atoms with E-state index in [4.69, 9.17) is 0 Å². The van der Waals surface area contributed by atoms with Crippen molar-refractivity contribution < 1.29 is 4.39 Å². The molecule has 0 amide bonds. The molecule has 4 heteroatoms. The minimum Gasteiger partial charge on any atom is -0.316 e. The van der Waals surface area contributed by atoms with Crippen molar-refractivity contribution >= 4 is 0 Å². The van der Waals surface area contributed by atoms with E-state index in [1.54, 1.807) is 16.8 Å². The summed E-state index contributed by atoms with van der Waals surface area (Å²) in [7, 11) is 0. The van der Waals surface area contributed by atoms with Crippen molar-refractivity contribution in [3.05, 3.63) is 47.0 Å². The van der Waals surface area contributed by atoms with Crippen molar-refractivity contribution in [1.82, 2.24) is 15.1 Å². The van der Waals surface area contributed by atoms with Gasteiger partial charge in [0, 0.05) is 23.7 Å². The number of halogens is 1. The fourth-order valence-electron chi connectivity index (χ4n) is 3.00. The van der Waals surface area contributed by atoms with Crippen LogP contribution in [0.25, 0.3) is 5.69 Å². The summed E-state index contributed by atoms with van der Waals surface area (Å²) in [5.74, 6) is 0.268. The average Bonchev–Trinajstić information content (AvgIpc) is 2.99. The van der Waals surface area contributed by atoms with E-state index in [2.05, 4.69) is 10.4 Å². The van der Waals surface area contributed by atoms with Crippen molar-refractivity contribution in [1.29, 1.82) is 0 Å². The Morgan fingerprint density at radius 3 is 2.79 bits per heavy atom. The van der Waals surface area contributed by atoms with E-state index in [1.807, 2.05) is 19.9 Å². The fourth-order valence-corrected chi connectivity index (χ4v) is 3.00. The maximum absolute atomic E-state index is 13.9. The Morgan fingerprint density at radius 1 is 1.32 bits per heavy atom. The number of hydrogen-bond acceptors (Lipinski definition) is 2. The Morgan fingerprint density at radius 2 is 2.11 bits per heavy atom. The third kappa shape index (κ3) is 2.06. The van der Waals surface area contributed by atoms with Gasteiger partial charge in [-0.3, -0.25) is 0 Å². The number of nitrogens with zero attached hydrogens (tertiary/aromatic N) is 2. The van der Waals surface area contributed by atoms with Gasteiger partial charge >= 0.3 is 0 Å².